The number of anilines is 2. The van der Waals surface area contributed by atoms with E-state index >= 15 is 0 Å². The number of hydrogen-bond acceptors (Lipinski definition) is 6. The topological polar surface area (TPSA) is 84.7 Å². The van der Waals surface area contributed by atoms with Crippen LogP contribution in [0, 0.1) is 0 Å². The van der Waals surface area contributed by atoms with Crippen LogP contribution < -0.4 is 10.2 Å². The van der Waals surface area contributed by atoms with Crippen molar-refractivity contribution >= 4 is 34.8 Å². The zero-order chi connectivity index (χ0) is 21.2. The van der Waals surface area contributed by atoms with Crippen LogP contribution in [-0.2, 0) is 4.74 Å². The van der Waals surface area contributed by atoms with Crippen molar-refractivity contribution in [3.63, 3.8) is 0 Å². The average Bonchev–Trinajstić information content (AvgIpc) is 3.24. The Morgan fingerprint density at radius 2 is 1.87 bits per heavy atom. The van der Waals surface area contributed by atoms with Crippen molar-refractivity contribution in [2.45, 2.75) is 0 Å². The molecule has 9 heteroatoms. The third-order valence-corrected chi connectivity index (χ3v) is 5.39. The SMILES string of the molecule is O=C(Nc1cccc(N2CCOCC2)n1)c1cnc2ccc(-c3ccccc3Cl)nn12. The molecular weight excluding hydrogens is 416 g/mol. The Bertz CT molecular complexity index is 1250. The Labute approximate surface area is 183 Å². The normalized spacial score (nSPS) is 14.0. The van der Waals surface area contributed by atoms with Crippen molar-refractivity contribution in [2.75, 3.05) is 36.5 Å². The number of nitrogens with zero attached hydrogens (tertiary/aromatic N) is 5. The molecule has 0 atom stereocenters. The summed E-state index contributed by atoms with van der Waals surface area (Å²) in [4.78, 5) is 24.0. The summed E-state index contributed by atoms with van der Waals surface area (Å²) in [7, 11) is 0. The van der Waals surface area contributed by atoms with Gasteiger partial charge in [0, 0.05) is 18.7 Å². The van der Waals surface area contributed by atoms with E-state index in [9.17, 15) is 4.79 Å². The lowest BCUT2D eigenvalue weighted by molar-refractivity contribution is 0.102. The molecule has 0 saturated carbocycles. The van der Waals surface area contributed by atoms with Crippen molar-refractivity contribution in [3.05, 3.63) is 71.5 Å². The van der Waals surface area contributed by atoms with Gasteiger partial charge in [0.05, 0.1) is 30.1 Å². The van der Waals surface area contributed by atoms with Crippen LogP contribution in [0.1, 0.15) is 10.5 Å². The van der Waals surface area contributed by atoms with Crippen LogP contribution >= 0.6 is 11.6 Å². The molecule has 1 aliphatic rings. The Hall–Kier alpha value is -3.49. The first-order valence-corrected chi connectivity index (χ1v) is 10.3. The number of amides is 1. The van der Waals surface area contributed by atoms with Crippen molar-refractivity contribution in [1.82, 2.24) is 19.6 Å². The van der Waals surface area contributed by atoms with Gasteiger partial charge >= 0.3 is 0 Å². The lowest BCUT2D eigenvalue weighted by Crippen LogP contribution is -2.36. The summed E-state index contributed by atoms with van der Waals surface area (Å²) in [6.07, 6.45) is 1.50. The molecule has 1 amide bonds. The van der Waals surface area contributed by atoms with Gasteiger partial charge in [-0.05, 0) is 30.3 Å². The molecule has 4 heterocycles. The van der Waals surface area contributed by atoms with E-state index in [0.29, 0.717) is 41.1 Å². The summed E-state index contributed by atoms with van der Waals surface area (Å²) in [6.45, 7) is 2.87. The lowest BCUT2D eigenvalue weighted by Gasteiger charge is -2.27. The second-order valence-corrected chi connectivity index (χ2v) is 7.45. The van der Waals surface area contributed by atoms with Crippen molar-refractivity contribution in [3.8, 4) is 11.3 Å². The largest absolute Gasteiger partial charge is 0.378 e. The minimum absolute atomic E-state index is 0.308. The van der Waals surface area contributed by atoms with Gasteiger partial charge in [0.1, 0.15) is 11.6 Å². The summed E-state index contributed by atoms with van der Waals surface area (Å²) >= 11 is 6.31. The predicted molar refractivity (Wildman–Crippen MR) is 119 cm³/mol. The predicted octanol–water partition coefficient (Wildman–Crippen LogP) is 3.53. The van der Waals surface area contributed by atoms with Crippen LogP contribution in [0.5, 0.6) is 0 Å². The zero-order valence-electron chi connectivity index (χ0n) is 16.5. The van der Waals surface area contributed by atoms with Gasteiger partial charge in [0.15, 0.2) is 11.3 Å². The van der Waals surface area contributed by atoms with Crippen LogP contribution in [0.3, 0.4) is 0 Å². The van der Waals surface area contributed by atoms with Gasteiger partial charge in [-0.1, -0.05) is 35.9 Å². The number of aromatic nitrogens is 4. The summed E-state index contributed by atoms with van der Waals surface area (Å²) < 4.78 is 6.90. The highest BCUT2D eigenvalue weighted by Gasteiger charge is 2.17. The van der Waals surface area contributed by atoms with Gasteiger partial charge in [-0.2, -0.15) is 5.10 Å². The van der Waals surface area contributed by atoms with Crippen molar-refractivity contribution < 1.29 is 9.53 Å². The first-order valence-electron chi connectivity index (χ1n) is 9.90. The van der Waals surface area contributed by atoms with Gasteiger partial charge in [0.2, 0.25) is 0 Å². The zero-order valence-corrected chi connectivity index (χ0v) is 17.3. The van der Waals surface area contributed by atoms with Crippen molar-refractivity contribution in [1.29, 1.82) is 0 Å². The van der Waals surface area contributed by atoms with E-state index in [1.807, 2.05) is 36.4 Å². The summed E-state index contributed by atoms with van der Waals surface area (Å²) in [5.41, 5.74) is 2.31. The standard InChI is InChI=1S/C22H19ClN6O2/c23-16-5-2-1-4-15(16)17-8-9-20-24-14-18(29(20)27-17)22(30)26-19-6-3-7-21(25-19)28-10-12-31-13-11-28/h1-9,14H,10-13H2,(H,25,26,30). The fourth-order valence-corrected chi connectivity index (χ4v) is 3.72. The Morgan fingerprint density at radius 1 is 1.03 bits per heavy atom. The number of morpholine rings is 1. The Morgan fingerprint density at radius 3 is 2.71 bits per heavy atom. The van der Waals surface area contributed by atoms with Gasteiger partial charge in [-0.15, -0.1) is 0 Å². The maximum absolute atomic E-state index is 13.0. The number of halogens is 1. The lowest BCUT2D eigenvalue weighted by atomic mass is 10.1. The summed E-state index contributed by atoms with van der Waals surface area (Å²) in [5, 5.41) is 8.03. The van der Waals surface area contributed by atoms with E-state index in [4.69, 9.17) is 16.3 Å². The van der Waals surface area contributed by atoms with Crippen LogP contribution in [0.15, 0.2) is 60.8 Å². The molecule has 0 spiro atoms. The maximum atomic E-state index is 13.0. The first kappa shape index (κ1) is 19.5. The van der Waals surface area contributed by atoms with E-state index in [2.05, 4.69) is 25.3 Å². The van der Waals surface area contributed by atoms with E-state index in [1.54, 1.807) is 18.2 Å². The number of hydrogen-bond donors (Lipinski definition) is 1. The minimum atomic E-state index is -0.345. The quantitative estimate of drug-likeness (QED) is 0.529. The highest BCUT2D eigenvalue weighted by molar-refractivity contribution is 6.33. The van der Waals surface area contributed by atoms with Crippen LogP contribution in [-0.4, -0.2) is 51.8 Å². The monoisotopic (exact) mass is 434 g/mol. The molecule has 0 bridgehead atoms. The average molecular weight is 435 g/mol. The third-order valence-electron chi connectivity index (χ3n) is 5.06. The van der Waals surface area contributed by atoms with Gasteiger partial charge in [-0.25, -0.2) is 14.5 Å². The highest BCUT2D eigenvalue weighted by atomic mass is 35.5. The number of benzene rings is 1. The summed E-state index contributed by atoms with van der Waals surface area (Å²) in [6, 6.07) is 16.6. The number of carbonyl (C=O) groups excluding carboxylic acids is 1. The van der Waals surface area contributed by atoms with E-state index in [0.717, 1.165) is 24.5 Å². The molecule has 0 unspecified atom stereocenters. The van der Waals surface area contributed by atoms with Crippen LogP contribution in [0.4, 0.5) is 11.6 Å². The summed E-state index contributed by atoms with van der Waals surface area (Å²) in [5.74, 6) is 0.924. The molecule has 1 aliphatic heterocycles. The molecule has 1 aromatic carbocycles. The molecule has 1 saturated heterocycles. The number of carbonyl (C=O) groups is 1. The third kappa shape index (κ3) is 3.95. The van der Waals surface area contributed by atoms with Crippen LogP contribution in [0.2, 0.25) is 5.02 Å². The fourth-order valence-electron chi connectivity index (χ4n) is 3.48. The maximum Gasteiger partial charge on any atom is 0.277 e. The van der Waals surface area contributed by atoms with Crippen LogP contribution in [0.25, 0.3) is 16.9 Å². The second kappa shape index (κ2) is 8.33. The molecule has 1 fully saturated rings. The first-order chi connectivity index (χ1) is 15.2. The molecule has 156 valence electrons. The number of pyridine rings is 1. The molecule has 5 rings (SSSR count). The molecule has 3 aromatic heterocycles. The fraction of sp³-hybridized carbons (Fsp3) is 0.182. The van der Waals surface area contributed by atoms with E-state index in [1.165, 1.54) is 10.7 Å². The molecule has 8 nitrogen and oxygen atoms in total. The molecule has 4 aromatic rings. The number of ether oxygens (including phenoxy) is 1. The van der Waals surface area contributed by atoms with E-state index < -0.39 is 0 Å². The minimum Gasteiger partial charge on any atom is -0.378 e. The molecule has 0 radical (unpaired) electrons. The van der Waals surface area contributed by atoms with Gasteiger partial charge in [-0.3, -0.25) is 4.79 Å². The Balaban J connectivity index is 1.42. The smallest absolute Gasteiger partial charge is 0.277 e. The molecule has 0 aliphatic carbocycles. The highest BCUT2D eigenvalue weighted by Crippen LogP contribution is 2.26. The second-order valence-electron chi connectivity index (χ2n) is 7.05. The molecule has 31 heavy (non-hydrogen) atoms. The molecule has 1 N–H and O–H groups in total. The number of fused-ring (bicyclic) bond motifs is 1. The molecular formula is C22H19ClN6O2. The van der Waals surface area contributed by atoms with E-state index in [-0.39, 0.29) is 5.91 Å². The number of nitrogens with one attached hydrogen (secondary N) is 1. The number of imidazole rings is 1. The Kier molecular flexibility index (Phi) is 5.23. The number of rotatable bonds is 4. The van der Waals surface area contributed by atoms with Gasteiger partial charge in [0.25, 0.3) is 5.91 Å². The van der Waals surface area contributed by atoms with Gasteiger partial charge < -0.3 is 15.0 Å². The van der Waals surface area contributed by atoms with Crippen molar-refractivity contribution in [2.24, 2.45) is 0 Å².